The number of carboxylic acids is 1. The molecule has 0 spiro atoms. The number of hydrogen-bond donors (Lipinski definition) is 3. The standard InChI is InChI=1S/C50H74N4O10/c1-30(2)37(28-40(56)64-49(10,11)12)43(57)51-33(6)39(55)27-34-22-24-35(25-23-34)29-63-47(62)54(16)42(50(13,14)36-20-18-17-19-21-36)44(58)52-41(48(7,8)9)45(59)53(15)38(31(3)4)26-32(5)46(60)61/h17-26,30-31,33,37-38,41-42H,27-29H2,1-16H3,(H,51,57)(H,52,58)(H,60,61)/b32-26+/t33-,37-,38+,41+,42+/m0/s1. The third kappa shape index (κ3) is 15.9. The molecular weight excluding hydrogens is 817 g/mol. The lowest BCUT2D eigenvalue weighted by Crippen LogP contribution is -2.63. The Hall–Kier alpha value is -5.53. The minimum Gasteiger partial charge on any atom is -0.478 e. The van der Waals surface area contributed by atoms with E-state index in [1.54, 1.807) is 59.0 Å². The van der Waals surface area contributed by atoms with Crippen LogP contribution in [0.2, 0.25) is 0 Å². The number of esters is 1. The van der Waals surface area contributed by atoms with Gasteiger partial charge in [0.15, 0.2) is 5.78 Å². The number of nitrogens with one attached hydrogen (secondary N) is 2. The van der Waals surface area contributed by atoms with Gasteiger partial charge in [-0.25, -0.2) is 9.59 Å². The van der Waals surface area contributed by atoms with Crippen molar-refractivity contribution in [3.8, 4) is 0 Å². The lowest BCUT2D eigenvalue weighted by atomic mass is 9.76. The van der Waals surface area contributed by atoms with Gasteiger partial charge in [-0.2, -0.15) is 0 Å². The molecule has 2 aromatic rings. The lowest BCUT2D eigenvalue weighted by molar-refractivity contribution is -0.158. The van der Waals surface area contributed by atoms with E-state index >= 15 is 0 Å². The third-order valence-corrected chi connectivity index (χ3v) is 11.3. The van der Waals surface area contributed by atoms with E-state index < -0.39 is 82.3 Å². The second kappa shape index (κ2) is 22.9. The van der Waals surface area contributed by atoms with Crippen molar-refractivity contribution < 1.29 is 48.1 Å². The van der Waals surface area contributed by atoms with Crippen molar-refractivity contribution >= 4 is 41.5 Å². The Kier molecular flexibility index (Phi) is 19.5. The molecule has 2 aromatic carbocycles. The molecule has 0 fully saturated rings. The zero-order valence-electron chi connectivity index (χ0n) is 41.0. The molecule has 5 atom stereocenters. The molecule has 0 unspecified atom stereocenters. The van der Waals surface area contributed by atoms with Crippen LogP contribution in [0.5, 0.6) is 0 Å². The highest BCUT2D eigenvalue weighted by atomic mass is 16.6. The summed E-state index contributed by atoms with van der Waals surface area (Å²) in [7, 11) is 3.06. The number of benzene rings is 2. The molecule has 2 rings (SSSR count). The molecule has 14 heteroatoms. The summed E-state index contributed by atoms with van der Waals surface area (Å²) in [6, 6.07) is 12.5. The Morgan fingerprint density at radius 3 is 1.77 bits per heavy atom. The molecule has 354 valence electrons. The zero-order chi connectivity index (χ0) is 49.1. The van der Waals surface area contributed by atoms with E-state index in [-0.39, 0.29) is 42.6 Å². The predicted octanol–water partition coefficient (Wildman–Crippen LogP) is 7.27. The molecule has 0 heterocycles. The maximum Gasteiger partial charge on any atom is 0.410 e. The summed E-state index contributed by atoms with van der Waals surface area (Å²) < 4.78 is 11.2. The number of nitrogens with zero attached hydrogens (tertiary/aromatic N) is 2. The summed E-state index contributed by atoms with van der Waals surface area (Å²) in [4.78, 5) is 95.9. The summed E-state index contributed by atoms with van der Waals surface area (Å²) in [5, 5.41) is 15.3. The molecule has 4 amide bonds. The fourth-order valence-electron chi connectivity index (χ4n) is 7.37. The van der Waals surface area contributed by atoms with Crippen LogP contribution < -0.4 is 10.6 Å². The van der Waals surface area contributed by atoms with E-state index in [0.29, 0.717) is 11.1 Å². The van der Waals surface area contributed by atoms with Crippen molar-refractivity contribution in [2.75, 3.05) is 14.1 Å². The number of rotatable bonds is 20. The third-order valence-electron chi connectivity index (χ3n) is 11.3. The van der Waals surface area contributed by atoms with Gasteiger partial charge < -0.3 is 30.1 Å². The number of carbonyl (C=O) groups is 7. The van der Waals surface area contributed by atoms with Crippen LogP contribution in [0.15, 0.2) is 66.2 Å². The molecule has 0 saturated heterocycles. The normalized spacial score (nSPS) is 14.7. The summed E-state index contributed by atoms with van der Waals surface area (Å²) in [6.45, 7) is 24.8. The zero-order valence-corrected chi connectivity index (χ0v) is 41.0. The van der Waals surface area contributed by atoms with Crippen molar-refractivity contribution in [1.82, 2.24) is 20.4 Å². The van der Waals surface area contributed by atoms with E-state index in [4.69, 9.17) is 9.47 Å². The average molecular weight is 891 g/mol. The Morgan fingerprint density at radius 1 is 0.734 bits per heavy atom. The SMILES string of the molecule is C/C(=C\[C@H](C(C)C)N(C)C(=O)[C@@H](NC(=O)[C@@H](N(C)C(=O)OCc1ccc(CC(=O)[C@H](C)NC(=O)[C@@H](CC(=O)OC(C)(C)C)C(C)C)cc1)C(C)(C)c1ccccc1)C(C)(C)C)C(=O)O. The van der Waals surface area contributed by atoms with Gasteiger partial charge in [0.25, 0.3) is 0 Å². The van der Waals surface area contributed by atoms with Crippen molar-refractivity contribution in [3.63, 3.8) is 0 Å². The number of carbonyl (C=O) groups excluding carboxylic acids is 6. The Bertz CT molecular complexity index is 1980. The van der Waals surface area contributed by atoms with E-state index in [0.717, 1.165) is 5.56 Å². The van der Waals surface area contributed by atoms with Crippen molar-refractivity contribution in [2.45, 2.75) is 152 Å². The molecule has 0 aliphatic carbocycles. The first-order valence-corrected chi connectivity index (χ1v) is 22.0. The summed E-state index contributed by atoms with van der Waals surface area (Å²) in [5.74, 6) is -4.19. The fraction of sp³-hybridized carbons (Fsp3) is 0.580. The molecule has 64 heavy (non-hydrogen) atoms. The second-order valence-corrected chi connectivity index (χ2v) is 20.1. The number of likely N-dealkylation sites (N-methyl/N-ethyl adjacent to an activating group) is 2. The highest BCUT2D eigenvalue weighted by molar-refractivity contribution is 5.94. The van der Waals surface area contributed by atoms with Gasteiger partial charge in [0.05, 0.1) is 24.4 Å². The van der Waals surface area contributed by atoms with Crippen LogP contribution in [-0.2, 0) is 56.7 Å². The molecule has 3 N–H and O–H groups in total. The van der Waals surface area contributed by atoms with Gasteiger partial charge in [0.2, 0.25) is 17.7 Å². The topological polar surface area (TPSA) is 189 Å². The number of amides is 4. The van der Waals surface area contributed by atoms with Crippen LogP contribution in [0.1, 0.15) is 120 Å². The summed E-state index contributed by atoms with van der Waals surface area (Å²) in [5.41, 5.74) is -0.316. The molecule has 0 bridgehead atoms. The number of carboxylic acid groups (broad SMARTS) is 1. The van der Waals surface area contributed by atoms with Gasteiger partial charge in [0, 0.05) is 31.5 Å². The second-order valence-electron chi connectivity index (χ2n) is 20.1. The molecule has 0 saturated carbocycles. The minimum atomic E-state index is -1.16. The molecule has 0 aromatic heterocycles. The molecular formula is C50H74N4O10. The smallest absolute Gasteiger partial charge is 0.410 e. The van der Waals surface area contributed by atoms with Crippen LogP contribution >= 0.6 is 0 Å². The first-order chi connectivity index (χ1) is 29.4. The van der Waals surface area contributed by atoms with Gasteiger partial charge in [-0.1, -0.05) is 123 Å². The van der Waals surface area contributed by atoms with E-state index in [1.165, 1.54) is 29.8 Å². The number of hydrogen-bond acceptors (Lipinski definition) is 9. The van der Waals surface area contributed by atoms with Crippen LogP contribution in [0, 0.1) is 23.2 Å². The van der Waals surface area contributed by atoms with Gasteiger partial charge in [0.1, 0.15) is 24.3 Å². The Morgan fingerprint density at radius 2 is 1.28 bits per heavy atom. The number of ether oxygens (including phenoxy) is 2. The predicted molar refractivity (Wildman–Crippen MR) is 247 cm³/mol. The van der Waals surface area contributed by atoms with Gasteiger partial charge in [-0.15, -0.1) is 0 Å². The molecule has 14 nitrogen and oxygen atoms in total. The van der Waals surface area contributed by atoms with Crippen molar-refractivity contribution in [1.29, 1.82) is 0 Å². The lowest BCUT2D eigenvalue weighted by Gasteiger charge is -2.42. The Labute approximate surface area is 380 Å². The monoisotopic (exact) mass is 891 g/mol. The van der Waals surface area contributed by atoms with E-state index in [9.17, 15) is 38.7 Å². The van der Waals surface area contributed by atoms with Crippen LogP contribution in [0.25, 0.3) is 0 Å². The highest BCUT2D eigenvalue weighted by Crippen LogP contribution is 2.32. The Balaban J connectivity index is 2.28. The maximum absolute atomic E-state index is 14.6. The number of Topliss-reactive ketones (excluding diaryl/α,β-unsaturated/α-hetero) is 1. The first-order valence-electron chi connectivity index (χ1n) is 22.0. The maximum atomic E-state index is 14.6. The number of ketones is 1. The first kappa shape index (κ1) is 54.6. The van der Waals surface area contributed by atoms with Crippen molar-refractivity contribution in [2.24, 2.45) is 23.2 Å². The quantitative estimate of drug-likeness (QED) is 0.0902. The van der Waals surface area contributed by atoms with Gasteiger partial charge >= 0.3 is 18.0 Å². The fourth-order valence-corrected chi connectivity index (χ4v) is 7.37. The van der Waals surface area contributed by atoms with Crippen LogP contribution in [-0.4, -0.2) is 100 Å². The molecule has 0 aliphatic rings. The largest absolute Gasteiger partial charge is 0.478 e. The highest BCUT2D eigenvalue weighted by Gasteiger charge is 2.45. The minimum absolute atomic E-state index is 0.0265. The van der Waals surface area contributed by atoms with E-state index in [2.05, 4.69) is 10.6 Å². The summed E-state index contributed by atoms with van der Waals surface area (Å²) >= 11 is 0. The van der Waals surface area contributed by atoms with Crippen LogP contribution in [0.3, 0.4) is 0 Å². The van der Waals surface area contributed by atoms with Gasteiger partial charge in [-0.3, -0.25) is 28.9 Å². The molecule has 0 aliphatic heterocycles. The van der Waals surface area contributed by atoms with Crippen LogP contribution in [0.4, 0.5) is 4.79 Å². The average Bonchev–Trinajstić information content (AvgIpc) is 3.18. The van der Waals surface area contributed by atoms with E-state index in [1.807, 2.05) is 92.6 Å². The van der Waals surface area contributed by atoms with Crippen molar-refractivity contribution in [3.05, 3.63) is 82.9 Å². The summed E-state index contributed by atoms with van der Waals surface area (Å²) in [6.07, 6.45) is 0.672. The van der Waals surface area contributed by atoms with Gasteiger partial charge in [-0.05, 0) is 68.6 Å². The molecule has 0 radical (unpaired) electrons. The number of aliphatic carboxylic acids is 1.